The monoisotopic (exact) mass is 310 g/mol. The highest BCUT2D eigenvalue weighted by atomic mass is 35.5. The van der Waals surface area contributed by atoms with Crippen LogP contribution in [0.25, 0.3) is 10.6 Å². The van der Waals surface area contributed by atoms with Crippen molar-refractivity contribution in [3.05, 3.63) is 34.1 Å². The molecule has 2 aromatic heterocycles. The number of halogens is 1. The number of nitrogens with zero attached hydrogens (tertiary/aromatic N) is 2. The standard InChI is InChI=1S/C14H15ClN2O2S/c1-9-8-16-14(15)17-13(9)11-7-6-10(20-11)4-3-5-12(18)19-2/h6-8H,3-5H2,1-2H3. The Morgan fingerprint density at radius 2 is 2.25 bits per heavy atom. The average molecular weight is 311 g/mol. The summed E-state index contributed by atoms with van der Waals surface area (Å²) in [6, 6.07) is 4.09. The normalized spacial score (nSPS) is 10.6. The molecule has 20 heavy (non-hydrogen) atoms. The summed E-state index contributed by atoms with van der Waals surface area (Å²) >= 11 is 7.51. The number of rotatable bonds is 5. The van der Waals surface area contributed by atoms with Gasteiger partial charge in [0.15, 0.2) is 0 Å². The molecule has 0 aromatic carbocycles. The Morgan fingerprint density at radius 1 is 1.45 bits per heavy atom. The number of esters is 1. The van der Waals surface area contributed by atoms with Crippen LogP contribution in [0.2, 0.25) is 5.28 Å². The van der Waals surface area contributed by atoms with E-state index >= 15 is 0 Å². The predicted octanol–water partition coefficient (Wildman–Crippen LogP) is 3.66. The first-order valence-electron chi connectivity index (χ1n) is 6.25. The molecular formula is C14H15ClN2O2S. The third kappa shape index (κ3) is 3.77. The van der Waals surface area contributed by atoms with Gasteiger partial charge in [-0.25, -0.2) is 9.97 Å². The second-order valence-corrected chi connectivity index (χ2v) is 5.87. The Hall–Kier alpha value is -1.46. The van der Waals surface area contributed by atoms with Crippen molar-refractivity contribution >= 4 is 28.9 Å². The van der Waals surface area contributed by atoms with Crippen LogP contribution in [0.3, 0.4) is 0 Å². The molecule has 2 heterocycles. The molecule has 4 nitrogen and oxygen atoms in total. The summed E-state index contributed by atoms with van der Waals surface area (Å²) in [6.45, 7) is 1.96. The Bertz CT molecular complexity index is 613. The SMILES string of the molecule is COC(=O)CCCc1ccc(-c2nc(Cl)ncc2C)s1. The quantitative estimate of drug-likeness (QED) is 0.624. The van der Waals surface area contributed by atoms with Crippen LogP contribution in [0.15, 0.2) is 18.3 Å². The number of thiophene rings is 1. The zero-order valence-corrected chi connectivity index (χ0v) is 12.9. The molecule has 0 saturated carbocycles. The molecule has 0 N–H and O–H groups in total. The highest BCUT2D eigenvalue weighted by Crippen LogP contribution is 2.30. The van der Waals surface area contributed by atoms with Gasteiger partial charge in [-0.1, -0.05) is 0 Å². The van der Waals surface area contributed by atoms with Crippen LogP contribution in [0.4, 0.5) is 0 Å². The first-order valence-corrected chi connectivity index (χ1v) is 7.44. The van der Waals surface area contributed by atoms with E-state index in [-0.39, 0.29) is 11.3 Å². The lowest BCUT2D eigenvalue weighted by molar-refractivity contribution is -0.140. The van der Waals surface area contributed by atoms with Gasteiger partial charge in [0, 0.05) is 17.5 Å². The Balaban J connectivity index is 2.05. The zero-order chi connectivity index (χ0) is 14.5. The Labute approximate surface area is 126 Å². The van der Waals surface area contributed by atoms with E-state index in [1.54, 1.807) is 17.5 Å². The lowest BCUT2D eigenvalue weighted by Crippen LogP contribution is -1.99. The minimum Gasteiger partial charge on any atom is -0.469 e. The molecule has 0 aliphatic heterocycles. The first kappa shape index (κ1) is 14.9. The molecule has 0 spiro atoms. The van der Waals surface area contributed by atoms with Crippen LogP contribution >= 0.6 is 22.9 Å². The van der Waals surface area contributed by atoms with Crippen molar-refractivity contribution in [2.45, 2.75) is 26.2 Å². The van der Waals surface area contributed by atoms with Crippen molar-refractivity contribution in [1.29, 1.82) is 0 Å². The molecule has 0 saturated heterocycles. The van der Waals surface area contributed by atoms with Gasteiger partial charge in [0.1, 0.15) is 0 Å². The molecule has 0 radical (unpaired) electrons. The van der Waals surface area contributed by atoms with Gasteiger partial charge in [0.2, 0.25) is 5.28 Å². The van der Waals surface area contributed by atoms with Gasteiger partial charge in [-0.05, 0) is 49.1 Å². The molecule has 0 fully saturated rings. The van der Waals surface area contributed by atoms with Crippen molar-refractivity contribution < 1.29 is 9.53 Å². The maximum Gasteiger partial charge on any atom is 0.305 e. The molecule has 0 amide bonds. The summed E-state index contributed by atoms with van der Waals surface area (Å²) in [5, 5.41) is 0.256. The van der Waals surface area contributed by atoms with Gasteiger partial charge < -0.3 is 4.74 Å². The largest absolute Gasteiger partial charge is 0.469 e. The fraction of sp³-hybridized carbons (Fsp3) is 0.357. The minimum atomic E-state index is -0.166. The average Bonchev–Trinajstić information content (AvgIpc) is 2.90. The van der Waals surface area contributed by atoms with E-state index in [0.717, 1.165) is 29.0 Å². The number of carbonyl (C=O) groups is 1. The van der Waals surface area contributed by atoms with Crippen LogP contribution in [0.1, 0.15) is 23.3 Å². The number of aromatic nitrogens is 2. The van der Waals surface area contributed by atoms with E-state index in [1.165, 1.54) is 12.0 Å². The summed E-state index contributed by atoms with van der Waals surface area (Å²) in [6.07, 6.45) is 3.82. The summed E-state index contributed by atoms with van der Waals surface area (Å²) < 4.78 is 4.62. The van der Waals surface area contributed by atoms with E-state index in [9.17, 15) is 4.79 Å². The number of aryl methyl sites for hydroxylation is 2. The fourth-order valence-electron chi connectivity index (χ4n) is 1.82. The molecule has 0 unspecified atom stereocenters. The van der Waals surface area contributed by atoms with Crippen LogP contribution < -0.4 is 0 Å². The summed E-state index contributed by atoms with van der Waals surface area (Å²) in [5.74, 6) is -0.166. The van der Waals surface area contributed by atoms with Crippen molar-refractivity contribution in [3.8, 4) is 10.6 Å². The Kier molecular flexibility index (Phi) is 5.09. The second-order valence-electron chi connectivity index (χ2n) is 4.37. The van der Waals surface area contributed by atoms with E-state index in [4.69, 9.17) is 11.6 Å². The van der Waals surface area contributed by atoms with Crippen molar-refractivity contribution in [2.24, 2.45) is 0 Å². The maximum absolute atomic E-state index is 11.1. The number of methoxy groups -OCH3 is 1. The topological polar surface area (TPSA) is 52.1 Å². The van der Waals surface area contributed by atoms with Gasteiger partial charge >= 0.3 is 5.97 Å². The summed E-state index contributed by atoms with van der Waals surface area (Å²) in [5.41, 5.74) is 1.87. The number of carbonyl (C=O) groups excluding carboxylic acids is 1. The van der Waals surface area contributed by atoms with Crippen molar-refractivity contribution in [2.75, 3.05) is 7.11 Å². The summed E-state index contributed by atoms with van der Waals surface area (Å²) in [4.78, 5) is 21.6. The van der Waals surface area contributed by atoms with Gasteiger partial charge in [0.25, 0.3) is 0 Å². The van der Waals surface area contributed by atoms with Gasteiger partial charge in [0.05, 0.1) is 17.7 Å². The number of hydrogen-bond donors (Lipinski definition) is 0. The van der Waals surface area contributed by atoms with Crippen LogP contribution in [-0.4, -0.2) is 23.0 Å². The van der Waals surface area contributed by atoms with Gasteiger partial charge in [-0.15, -0.1) is 11.3 Å². The van der Waals surface area contributed by atoms with Gasteiger partial charge in [-0.3, -0.25) is 4.79 Å². The molecule has 0 aliphatic carbocycles. The van der Waals surface area contributed by atoms with E-state index in [2.05, 4.69) is 20.8 Å². The lowest BCUT2D eigenvalue weighted by atomic mass is 10.2. The molecule has 0 aliphatic rings. The van der Waals surface area contributed by atoms with E-state index in [1.807, 2.05) is 13.0 Å². The molecule has 6 heteroatoms. The molecular weight excluding hydrogens is 296 g/mol. The molecule has 2 rings (SSSR count). The third-order valence-corrected chi connectivity index (χ3v) is 4.20. The smallest absolute Gasteiger partial charge is 0.305 e. The van der Waals surface area contributed by atoms with Crippen LogP contribution in [-0.2, 0) is 16.0 Å². The molecule has 0 atom stereocenters. The van der Waals surface area contributed by atoms with Gasteiger partial charge in [-0.2, -0.15) is 0 Å². The predicted molar refractivity (Wildman–Crippen MR) is 80.0 cm³/mol. The highest BCUT2D eigenvalue weighted by Gasteiger charge is 2.09. The van der Waals surface area contributed by atoms with Crippen molar-refractivity contribution in [1.82, 2.24) is 9.97 Å². The zero-order valence-electron chi connectivity index (χ0n) is 11.4. The number of ether oxygens (including phenoxy) is 1. The fourth-order valence-corrected chi connectivity index (χ4v) is 3.06. The molecule has 106 valence electrons. The first-order chi connectivity index (χ1) is 9.60. The lowest BCUT2D eigenvalue weighted by Gasteiger charge is -2.01. The second kappa shape index (κ2) is 6.81. The van der Waals surface area contributed by atoms with Crippen LogP contribution in [0, 0.1) is 6.92 Å². The van der Waals surface area contributed by atoms with E-state index in [0.29, 0.717) is 6.42 Å². The van der Waals surface area contributed by atoms with Crippen molar-refractivity contribution in [3.63, 3.8) is 0 Å². The van der Waals surface area contributed by atoms with Crippen LogP contribution in [0.5, 0.6) is 0 Å². The molecule has 0 bridgehead atoms. The maximum atomic E-state index is 11.1. The minimum absolute atomic E-state index is 0.166. The Morgan fingerprint density at radius 3 is 3.00 bits per heavy atom. The third-order valence-electron chi connectivity index (χ3n) is 2.87. The summed E-state index contributed by atoms with van der Waals surface area (Å²) in [7, 11) is 1.41. The highest BCUT2D eigenvalue weighted by molar-refractivity contribution is 7.15. The molecule has 2 aromatic rings. The number of hydrogen-bond acceptors (Lipinski definition) is 5. The van der Waals surface area contributed by atoms with E-state index < -0.39 is 0 Å².